The molecule has 5 heavy (non-hydrogen) atoms. The molecule has 0 unspecified atom stereocenters. The molecule has 0 atom stereocenters. The molecule has 0 bridgehead atoms. The van der Waals surface area contributed by atoms with Gasteiger partial charge in [0.2, 0.25) is 0 Å². The fraction of sp³-hybridized carbons (Fsp3) is 0. The Morgan fingerprint density at radius 2 is 1.60 bits per heavy atom. The first kappa shape index (κ1) is 9.50. The number of hydrogen-bond donors (Lipinski definition) is 2. The largest absolute Gasteiger partial charge is 2.00 e. The van der Waals surface area contributed by atoms with E-state index in [0.717, 1.165) is 0 Å². The first-order valence-electron chi connectivity index (χ1n) is 0.651. The topological polar surface area (TPSA) is 57.5 Å². The van der Waals surface area contributed by atoms with E-state index in [4.69, 9.17) is 14.1 Å². The molecule has 0 aliphatic carbocycles. The second kappa shape index (κ2) is 5.19. The van der Waals surface area contributed by atoms with Crippen molar-refractivity contribution < 1.29 is 15.5 Å². The van der Waals surface area contributed by atoms with E-state index in [0.29, 0.717) is 0 Å². The summed E-state index contributed by atoms with van der Waals surface area (Å²) in [4.78, 5) is 14.3. The van der Waals surface area contributed by atoms with E-state index in [2.05, 4.69) is 0 Å². The van der Waals surface area contributed by atoms with E-state index in [1.54, 1.807) is 0 Å². The van der Waals surface area contributed by atoms with Crippen LogP contribution in [0.2, 0.25) is 0 Å². The van der Waals surface area contributed by atoms with Crippen LogP contribution in [-0.4, -0.2) is 67.6 Å². The first-order chi connectivity index (χ1) is 1.73. The van der Waals surface area contributed by atoms with Gasteiger partial charge in [-0.2, -0.15) is 0 Å². The molecule has 0 aromatic rings. The van der Waals surface area contributed by atoms with Gasteiger partial charge >= 0.3 is 59.5 Å². The summed E-state index contributed by atoms with van der Waals surface area (Å²) in [6.45, 7) is 0. The van der Waals surface area contributed by atoms with Gasteiger partial charge in [-0.25, -0.2) is 0 Å². The summed E-state index contributed by atoms with van der Waals surface area (Å²) in [5.41, 5.74) is 0. The second-order valence-corrected chi connectivity index (χ2v) is 0.848. The molecular formula is H3BaO3Si+3. The van der Waals surface area contributed by atoms with Crippen LogP contribution in [0.4, 0.5) is 0 Å². The fourth-order valence-corrected chi connectivity index (χ4v) is 0. The minimum Gasteiger partial charge on any atom is -0.511 e. The van der Waals surface area contributed by atoms with Gasteiger partial charge in [0.1, 0.15) is 0 Å². The molecule has 3 nitrogen and oxygen atoms in total. The molecule has 0 saturated heterocycles. The zero-order valence-electron chi connectivity index (χ0n) is 3.51. The maximum atomic E-state index is 8.74. The van der Waals surface area contributed by atoms with Crippen LogP contribution < -0.4 is 0 Å². The zero-order valence-corrected chi connectivity index (χ0v) is 7.95. The molecule has 5 heteroatoms. The van der Waals surface area contributed by atoms with Crippen molar-refractivity contribution in [1.29, 1.82) is 0 Å². The average Bonchev–Trinajstić information content (AvgIpc) is 0.811. The van der Waals surface area contributed by atoms with Crippen LogP contribution in [0.1, 0.15) is 1.43 Å². The summed E-state index contributed by atoms with van der Waals surface area (Å²) in [6.07, 6.45) is 0. The first-order valence-corrected chi connectivity index (χ1v) is 1.95. The van der Waals surface area contributed by atoms with E-state index in [9.17, 15) is 0 Å². The van der Waals surface area contributed by atoms with Gasteiger partial charge in [-0.1, -0.05) is 0 Å². The van der Waals surface area contributed by atoms with Crippen molar-refractivity contribution in [3.63, 3.8) is 0 Å². The molecule has 24 valence electrons. The molecule has 0 heterocycles. The minimum atomic E-state index is -3.13. The molecule has 0 spiro atoms. The third-order valence-corrected chi connectivity index (χ3v) is 0. The van der Waals surface area contributed by atoms with Gasteiger partial charge < -0.3 is 9.59 Å². The van der Waals surface area contributed by atoms with Crippen LogP contribution in [0.5, 0.6) is 0 Å². The molecule has 0 rings (SSSR count). The standard InChI is InChI=1S/Ba.H2O3Si/c;1-4(2)3/h;1-2H/q+2;/p+1. The average molecular weight is 216 g/mol. The van der Waals surface area contributed by atoms with Gasteiger partial charge in [0.15, 0.2) is 0 Å². The summed E-state index contributed by atoms with van der Waals surface area (Å²) >= 11 is 0. The maximum absolute atomic E-state index is 8.74. The summed E-state index contributed by atoms with van der Waals surface area (Å²) in [5.74, 6) is 0. The predicted octanol–water partition coefficient (Wildman–Crippen LogP) is -1.88. The van der Waals surface area contributed by atoms with E-state index < -0.39 is 9.17 Å². The Morgan fingerprint density at radius 3 is 1.60 bits per heavy atom. The van der Waals surface area contributed by atoms with Crippen LogP contribution in [-0.2, 0) is 4.46 Å². The second-order valence-electron chi connectivity index (χ2n) is 0.283. The summed E-state index contributed by atoms with van der Waals surface area (Å²) in [5, 5.41) is 0. The predicted molar refractivity (Wildman–Crippen MR) is 17.7 cm³/mol. The minimum absolute atomic E-state index is 0. The Morgan fingerprint density at radius 1 is 1.60 bits per heavy atom. The van der Waals surface area contributed by atoms with Crippen LogP contribution >= 0.6 is 0 Å². The van der Waals surface area contributed by atoms with Crippen molar-refractivity contribution in [3.8, 4) is 0 Å². The number of rotatable bonds is 0. The molecule has 0 saturated carbocycles. The van der Waals surface area contributed by atoms with Gasteiger partial charge in [0.05, 0.1) is 0 Å². The van der Waals surface area contributed by atoms with Gasteiger partial charge in [0.25, 0.3) is 0 Å². The monoisotopic (exact) mass is 217 g/mol. The molecule has 0 radical (unpaired) electrons. The van der Waals surface area contributed by atoms with Crippen LogP contribution in [0.3, 0.4) is 0 Å². The van der Waals surface area contributed by atoms with E-state index in [1.807, 2.05) is 0 Å². The van der Waals surface area contributed by atoms with Crippen molar-refractivity contribution in [2.75, 3.05) is 0 Å². The van der Waals surface area contributed by atoms with E-state index >= 15 is 0 Å². The SMILES string of the molecule is O=[Si](O)O.[Ba+2].[H+]. The van der Waals surface area contributed by atoms with Crippen molar-refractivity contribution in [3.05, 3.63) is 0 Å². The van der Waals surface area contributed by atoms with Gasteiger partial charge in [-0.05, 0) is 0 Å². The van der Waals surface area contributed by atoms with Gasteiger partial charge in [-0.15, -0.1) is 0 Å². The van der Waals surface area contributed by atoms with Crippen molar-refractivity contribution in [1.82, 2.24) is 0 Å². The quantitative estimate of drug-likeness (QED) is 0.466. The fourth-order valence-electron chi connectivity index (χ4n) is 0. The third-order valence-electron chi connectivity index (χ3n) is 0. The molecule has 0 aliphatic rings. The van der Waals surface area contributed by atoms with Crippen LogP contribution in [0.25, 0.3) is 0 Å². The Hall–Kier alpha value is 1.19. The van der Waals surface area contributed by atoms with Gasteiger partial charge in [-0.3, -0.25) is 4.46 Å². The van der Waals surface area contributed by atoms with Crippen molar-refractivity contribution in [2.24, 2.45) is 0 Å². The van der Waals surface area contributed by atoms with Crippen LogP contribution in [0.15, 0.2) is 0 Å². The Balaban J connectivity index is -0.0000000450. The summed E-state index contributed by atoms with van der Waals surface area (Å²) in [6, 6.07) is 0. The van der Waals surface area contributed by atoms with E-state index in [1.165, 1.54) is 0 Å². The maximum Gasteiger partial charge on any atom is 2.00 e. The zero-order chi connectivity index (χ0) is 3.58. The molecule has 0 aromatic heterocycles. The Labute approximate surface area is 72.5 Å². The smallest absolute Gasteiger partial charge is 0.511 e. The van der Waals surface area contributed by atoms with Crippen molar-refractivity contribution >= 4 is 58.1 Å². The van der Waals surface area contributed by atoms with Crippen LogP contribution in [0, 0.1) is 0 Å². The number of hydrogen-bond acceptors (Lipinski definition) is 1. The molecular weight excluding hydrogens is 213 g/mol. The normalized spacial score (nSPS) is 4.80. The molecule has 0 aliphatic heterocycles. The Kier molecular flexibility index (Phi) is 9.85. The molecule has 0 fully saturated rings. The summed E-state index contributed by atoms with van der Waals surface area (Å²) < 4.78 is 8.74. The van der Waals surface area contributed by atoms with Crippen molar-refractivity contribution in [2.45, 2.75) is 0 Å². The molecule has 0 amide bonds. The molecule has 0 aromatic carbocycles. The molecule has 2 N–H and O–H groups in total. The summed E-state index contributed by atoms with van der Waals surface area (Å²) in [7, 11) is -3.13. The van der Waals surface area contributed by atoms with E-state index in [-0.39, 0.29) is 50.3 Å². The third kappa shape index (κ3) is 37.3. The Bertz CT molecular complexity index is 33.8. The van der Waals surface area contributed by atoms with Gasteiger partial charge in [0, 0.05) is 0 Å².